The van der Waals surface area contributed by atoms with Gasteiger partial charge in [0.05, 0.1) is 0 Å². The van der Waals surface area contributed by atoms with Crippen LogP contribution in [0.25, 0.3) is 0 Å². The van der Waals surface area contributed by atoms with Gasteiger partial charge in [0.15, 0.2) is 0 Å². The Morgan fingerprint density at radius 3 is 2.25 bits per heavy atom. The van der Waals surface area contributed by atoms with Gasteiger partial charge >= 0.3 is 29.6 Å². The Bertz CT molecular complexity index is 426. The summed E-state index contributed by atoms with van der Waals surface area (Å²) in [5.74, 6) is -0.00754. The molecule has 0 unspecified atom stereocenters. The molecule has 16 heavy (non-hydrogen) atoms. The topological polar surface area (TPSA) is 80.7 Å². The van der Waals surface area contributed by atoms with Crippen molar-refractivity contribution < 1.29 is 22.5 Å². The molecule has 0 bridgehead atoms. The molecular formula is C9H11NaO5S. The zero-order chi connectivity index (χ0) is 11.3. The second kappa shape index (κ2) is 7.03. The van der Waals surface area contributed by atoms with Crippen LogP contribution in [0.1, 0.15) is 10.4 Å². The van der Waals surface area contributed by atoms with Crippen LogP contribution in [0.4, 0.5) is 0 Å². The molecule has 84 valence electrons. The van der Waals surface area contributed by atoms with Gasteiger partial charge in [-0.05, 0) is 24.3 Å². The van der Waals surface area contributed by atoms with Gasteiger partial charge in [-0.25, -0.2) is 0 Å². The monoisotopic (exact) mass is 254 g/mol. The van der Waals surface area contributed by atoms with Crippen LogP contribution in [0.3, 0.4) is 0 Å². The van der Waals surface area contributed by atoms with E-state index in [4.69, 9.17) is 9.29 Å². The van der Waals surface area contributed by atoms with Crippen molar-refractivity contribution in [1.29, 1.82) is 0 Å². The van der Waals surface area contributed by atoms with E-state index in [1.54, 1.807) is 24.3 Å². The van der Waals surface area contributed by atoms with Gasteiger partial charge in [-0.15, -0.1) is 0 Å². The molecule has 7 heteroatoms. The maximum absolute atomic E-state index is 10.4. The summed E-state index contributed by atoms with van der Waals surface area (Å²) >= 11 is 0. The van der Waals surface area contributed by atoms with Crippen LogP contribution in [-0.4, -0.2) is 61.2 Å². The molecule has 0 fully saturated rings. The summed E-state index contributed by atoms with van der Waals surface area (Å²) in [6, 6.07) is 6.20. The Labute approximate surface area is 116 Å². The Hall–Kier alpha value is -0.400. The number of aldehydes is 1. The third-order valence-electron chi connectivity index (χ3n) is 1.63. The number of benzene rings is 1. The van der Waals surface area contributed by atoms with Gasteiger partial charge in [0, 0.05) is 5.56 Å². The first-order valence-electron chi connectivity index (χ1n) is 4.14. The third-order valence-corrected chi connectivity index (χ3v) is 2.31. The molecular weight excluding hydrogens is 243 g/mol. The summed E-state index contributed by atoms with van der Waals surface area (Å²) in [6.07, 6.45) is 0.696. The molecule has 0 amide bonds. The van der Waals surface area contributed by atoms with E-state index in [9.17, 15) is 13.2 Å². The number of hydrogen-bond donors (Lipinski definition) is 1. The molecule has 1 aromatic carbocycles. The van der Waals surface area contributed by atoms with Crippen LogP contribution in [-0.2, 0) is 10.1 Å². The minimum atomic E-state index is -3.99. The Balaban J connectivity index is 0.00000225. The first-order chi connectivity index (χ1) is 7.01. The van der Waals surface area contributed by atoms with E-state index in [1.165, 1.54) is 0 Å². The molecule has 0 aliphatic carbocycles. The number of carbonyl (C=O) groups is 1. The summed E-state index contributed by atoms with van der Waals surface area (Å²) in [5, 5.41) is 0. The van der Waals surface area contributed by atoms with Gasteiger partial charge in [-0.3, -0.25) is 9.35 Å². The van der Waals surface area contributed by atoms with Crippen LogP contribution in [0.5, 0.6) is 5.75 Å². The van der Waals surface area contributed by atoms with Crippen LogP contribution in [0.2, 0.25) is 0 Å². The molecule has 0 aliphatic heterocycles. The average molecular weight is 254 g/mol. The molecule has 1 rings (SSSR count). The molecule has 0 saturated heterocycles. The Kier molecular flexibility index (Phi) is 6.85. The molecule has 0 aromatic heterocycles. The molecule has 0 atom stereocenters. The molecule has 1 aromatic rings. The van der Waals surface area contributed by atoms with Crippen molar-refractivity contribution in [2.24, 2.45) is 0 Å². The van der Waals surface area contributed by atoms with Gasteiger partial charge in [-0.2, -0.15) is 8.42 Å². The van der Waals surface area contributed by atoms with E-state index in [2.05, 4.69) is 0 Å². The van der Waals surface area contributed by atoms with Crippen LogP contribution < -0.4 is 4.74 Å². The van der Waals surface area contributed by atoms with E-state index in [0.717, 1.165) is 0 Å². The van der Waals surface area contributed by atoms with Gasteiger partial charge < -0.3 is 4.74 Å². The van der Waals surface area contributed by atoms with Crippen LogP contribution >= 0.6 is 0 Å². The number of hydrogen-bond acceptors (Lipinski definition) is 4. The fraction of sp³-hybridized carbons (Fsp3) is 0.222. The fourth-order valence-electron chi connectivity index (χ4n) is 0.907. The van der Waals surface area contributed by atoms with Gasteiger partial charge in [0.2, 0.25) is 0 Å². The predicted molar refractivity (Wildman–Crippen MR) is 60.9 cm³/mol. The van der Waals surface area contributed by atoms with Crippen molar-refractivity contribution in [1.82, 2.24) is 0 Å². The second-order valence-corrected chi connectivity index (χ2v) is 4.39. The summed E-state index contributed by atoms with van der Waals surface area (Å²) in [4.78, 5) is 10.3. The van der Waals surface area contributed by atoms with E-state index in [-0.39, 0.29) is 36.2 Å². The van der Waals surface area contributed by atoms with Crippen molar-refractivity contribution in [3.8, 4) is 5.75 Å². The standard InChI is InChI=1S/C9H10O5S.Na.H/c10-7-8-1-3-9(4-2-8)14-5-6-15(11,12)13;;/h1-4,7H,5-6H2,(H,11,12,13);;. The zero-order valence-electron chi connectivity index (χ0n) is 7.79. The van der Waals surface area contributed by atoms with Crippen molar-refractivity contribution in [3.63, 3.8) is 0 Å². The molecule has 5 nitrogen and oxygen atoms in total. The van der Waals surface area contributed by atoms with Crippen molar-refractivity contribution in [3.05, 3.63) is 29.8 Å². The first-order valence-corrected chi connectivity index (χ1v) is 5.75. The molecule has 1 N–H and O–H groups in total. The van der Waals surface area contributed by atoms with Gasteiger partial charge in [0.25, 0.3) is 10.1 Å². The molecule has 0 aliphatic rings. The number of ether oxygens (including phenoxy) is 1. The minimum absolute atomic E-state index is 0. The summed E-state index contributed by atoms with van der Waals surface area (Å²) in [7, 11) is -3.99. The van der Waals surface area contributed by atoms with Gasteiger partial charge in [-0.1, -0.05) is 0 Å². The number of rotatable bonds is 5. The van der Waals surface area contributed by atoms with Crippen molar-refractivity contribution in [2.45, 2.75) is 0 Å². The molecule has 0 heterocycles. The number of carbonyl (C=O) groups excluding carboxylic acids is 1. The average Bonchev–Trinajstić information content (AvgIpc) is 2.17. The summed E-state index contributed by atoms with van der Waals surface area (Å²) in [6.45, 7) is -0.126. The Morgan fingerprint density at radius 2 is 1.81 bits per heavy atom. The Morgan fingerprint density at radius 1 is 1.25 bits per heavy atom. The molecule has 0 radical (unpaired) electrons. The van der Waals surface area contributed by atoms with E-state index in [1.807, 2.05) is 0 Å². The van der Waals surface area contributed by atoms with Gasteiger partial charge in [0.1, 0.15) is 24.4 Å². The maximum atomic E-state index is 10.4. The van der Waals surface area contributed by atoms with Crippen molar-refractivity contribution >= 4 is 46.0 Å². The predicted octanol–water partition coefficient (Wildman–Crippen LogP) is 0.117. The van der Waals surface area contributed by atoms with E-state index >= 15 is 0 Å². The zero-order valence-corrected chi connectivity index (χ0v) is 8.61. The second-order valence-electron chi connectivity index (χ2n) is 2.82. The molecule has 0 saturated carbocycles. The third kappa shape index (κ3) is 6.24. The van der Waals surface area contributed by atoms with Crippen LogP contribution in [0, 0.1) is 0 Å². The normalized spacial score (nSPS) is 10.3. The summed E-state index contributed by atoms with van der Waals surface area (Å²) in [5.41, 5.74) is 0.511. The fourth-order valence-corrected chi connectivity index (χ4v) is 1.20. The summed E-state index contributed by atoms with van der Waals surface area (Å²) < 4.78 is 34.2. The SMILES string of the molecule is O=Cc1ccc(OCCS(=O)(=O)O)cc1.[NaH]. The van der Waals surface area contributed by atoms with E-state index < -0.39 is 15.9 Å². The van der Waals surface area contributed by atoms with E-state index in [0.29, 0.717) is 17.6 Å². The first kappa shape index (κ1) is 15.6. The quantitative estimate of drug-likeness (QED) is 0.458. The van der Waals surface area contributed by atoms with Crippen molar-refractivity contribution in [2.75, 3.05) is 12.4 Å². The molecule has 0 spiro atoms. The van der Waals surface area contributed by atoms with Crippen LogP contribution in [0.15, 0.2) is 24.3 Å².